The average Bonchev–Trinajstić information content (AvgIpc) is 2.58. The molecular weight excluding hydrogens is 316 g/mol. The molecule has 0 amide bonds. The van der Waals surface area contributed by atoms with Gasteiger partial charge in [0.1, 0.15) is 6.61 Å². The molecule has 3 aromatic rings. The van der Waals surface area contributed by atoms with Crippen LogP contribution >= 0.6 is 11.3 Å². The van der Waals surface area contributed by atoms with Crippen molar-refractivity contribution in [1.82, 2.24) is 0 Å². The Kier molecular flexibility index (Phi) is 4.18. The number of hydrogen-bond acceptors (Lipinski definition) is 6. The Morgan fingerprint density at radius 1 is 1.04 bits per heavy atom. The lowest BCUT2D eigenvalue weighted by Crippen LogP contribution is -2.21. The number of aliphatic hydroxyl groups excluding tert-OH is 1. The average molecular weight is 328 g/mol. The van der Waals surface area contributed by atoms with Gasteiger partial charge in [0.15, 0.2) is 5.43 Å². The van der Waals surface area contributed by atoms with Crippen molar-refractivity contribution >= 4 is 43.3 Å². The molecule has 1 N–H and O–H groups in total. The molecule has 0 spiro atoms. The van der Waals surface area contributed by atoms with Crippen molar-refractivity contribution in [1.29, 1.82) is 0 Å². The van der Waals surface area contributed by atoms with Crippen molar-refractivity contribution in [3.8, 4) is 0 Å². The highest BCUT2D eigenvalue weighted by atomic mass is 32.1. The zero-order valence-corrected chi connectivity index (χ0v) is 12.8. The van der Waals surface area contributed by atoms with Crippen LogP contribution in [0.5, 0.6) is 0 Å². The Morgan fingerprint density at radius 2 is 1.78 bits per heavy atom. The van der Waals surface area contributed by atoms with E-state index in [-0.39, 0.29) is 29.6 Å². The third kappa shape index (κ3) is 2.74. The van der Waals surface area contributed by atoms with Crippen LogP contribution < -0.4 is 5.43 Å². The van der Waals surface area contributed by atoms with Crippen LogP contribution in [-0.4, -0.2) is 30.1 Å². The van der Waals surface area contributed by atoms with Gasteiger partial charge >= 0.3 is 5.97 Å². The van der Waals surface area contributed by atoms with Crippen molar-refractivity contribution in [2.24, 2.45) is 0 Å². The molecule has 0 aliphatic rings. The maximum atomic E-state index is 12.7. The molecule has 1 aromatic heterocycles. The molecule has 116 valence electrons. The van der Waals surface area contributed by atoms with Crippen LogP contribution in [0.15, 0.2) is 47.3 Å². The van der Waals surface area contributed by atoms with E-state index in [0.717, 1.165) is 4.70 Å². The van der Waals surface area contributed by atoms with Crippen LogP contribution in [0.4, 0.5) is 0 Å². The van der Waals surface area contributed by atoms with Gasteiger partial charge in [0, 0.05) is 20.3 Å². The van der Waals surface area contributed by atoms with Crippen molar-refractivity contribution in [3.63, 3.8) is 0 Å². The number of ether oxygens (including phenoxy) is 1. The van der Waals surface area contributed by atoms with Crippen LogP contribution in [0.2, 0.25) is 0 Å². The first kappa shape index (κ1) is 15.3. The predicted octanol–water partition coefficient (Wildman–Crippen LogP) is 2.13. The number of benzene rings is 2. The van der Waals surface area contributed by atoms with Gasteiger partial charge in [-0.25, -0.2) is 4.79 Å². The smallest absolute Gasteiger partial charge is 0.379 e. The van der Waals surface area contributed by atoms with Gasteiger partial charge in [-0.2, -0.15) is 0 Å². The molecule has 23 heavy (non-hydrogen) atoms. The minimum atomic E-state index is -1.08. The lowest BCUT2D eigenvalue weighted by atomic mass is 10.0. The van der Waals surface area contributed by atoms with Gasteiger partial charge in [0.05, 0.1) is 12.0 Å². The zero-order chi connectivity index (χ0) is 16.4. The summed E-state index contributed by atoms with van der Waals surface area (Å²) in [4.78, 5) is 36.7. The van der Waals surface area contributed by atoms with E-state index in [0.29, 0.717) is 10.1 Å². The summed E-state index contributed by atoms with van der Waals surface area (Å²) < 4.78 is 6.10. The molecule has 0 radical (unpaired) electrons. The molecule has 0 saturated heterocycles. The number of hydrogen-bond donors (Lipinski definition) is 1. The summed E-state index contributed by atoms with van der Waals surface area (Å²) in [5.41, 5.74) is -0.259. The molecule has 0 bridgehead atoms. The first-order chi connectivity index (χ1) is 11.1. The number of carbonyl (C=O) groups excluding carboxylic acids is 2. The Balaban J connectivity index is 2.22. The molecule has 0 atom stereocenters. The van der Waals surface area contributed by atoms with Gasteiger partial charge in [0.25, 0.3) is 5.78 Å². The second kappa shape index (κ2) is 6.28. The van der Waals surface area contributed by atoms with E-state index in [1.165, 1.54) is 17.4 Å². The molecule has 0 aliphatic heterocycles. The maximum absolute atomic E-state index is 12.7. The summed E-state index contributed by atoms with van der Waals surface area (Å²) in [5, 5.41) is 9.40. The quantitative estimate of drug-likeness (QED) is 0.343. The zero-order valence-electron chi connectivity index (χ0n) is 11.9. The van der Waals surface area contributed by atoms with Crippen molar-refractivity contribution in [2.75, 3.05) is 13.2 Å². The first-order valence-electron chi connectivity index (χ1n) is 6.90. The van der Waals surface area contributed by atoms with Crippen LogP contribution in [0.25, 0.3) is 20.2 Å². The molecule has 0 aliphatic carbocycles. The molecule has 3 rings (SSSR count). The Hall–Kier alpha value is -2.57. The molecule has 6 heteroatoms. The summed E-state index contributed by atoms with van der Waals surface area (Å²) in [5.74, 6) is -1.97. The topological polar surface area (TPSA) is 80.7 Å². The van der Waals surface area contributed by atoms with E-state index >= 15 is 0 Å². The first-order valence-corrected chi connectivity index (χ1v) is 7.72. The molecule has 2 aromatic carbocycles. The third-order valence-electron chi connectivity index (χ3n) is 3.36. The van der Waals surface area contributed by atoms with E-state index in [1.54, 1.807) is 24.3 Å². The standard InChI is InChI=1S/C17H12O5S/c18-8-9-22-17(21)16(20)11-5-3-7-13-14(11)15(19)10-4-1-2-6-12(10)23-13/h1-7,18H,8-9H2. The molecule has 5 nitrogen and oxygen atoms in total. The Labute approximate surface area is 134 Å². The van der Waals surface area contributed by atoms with Gasteiger partial charge in [0.2, 0.25) is 0 Å². The predicted molar refractivity (Wildman–Crippen MR) is 88.0 cm³/mol. The van der Waals surface area contributed by atoms with Crippen LogP contribution in [0, 0.1) is 0 Å². The minimum Gasteiger partial charge on any atom is -0.457 e. The second-order valence-electron chi connectivity index (χ2n) is 4.79. The van der Waals surface area contributed by atoms with Gasteiger partial charge in [-0.3, -0.25) is 9.59 Å². The highest BCUT2D eigenvalue weighted by molar-refractivity contribution is 7.24. The van der Waals surface area contributed by atoms with E-state index in [2.05, 4.69) is 4.74 Å². The number of carbonyl (C=O) groups is 2. The third-order valence-corrected chi connectivity index (χ3v) is 4.50. The van der Waals surface area contributed by atoms with E-state index < -0.39 is 11.8 Å². The van der Waals surface area contributed by atoms with E-state index in [9.17, 15) is 14.4 Å². The fraction of sp³-hybridized carbons (Fsp3) is 0.118. The molecule has 0 fully saturated rings. The van der Waals surface area contributed by atoms with Crippen molar-refractivity contribution < 1.29 is 19.4 Å². The van der Waals surface area contributed by atoms with Gasteiger partial charge < -0.3 is 9.84 Å². The van der Waals surface area contributed by atoms with Gasteiger partial charge in [-0.15, -0.1) is 11.3 Å². The Bertz CT molecular complexity index is 974. The largest absolute Gasteiger partial charge is 0.457 e. The van der Waals surface area contributed by atoms with E-state index in [1.807, 2.05) is 12.1 Å². The molecule has 0 saturated carbocycles. The summed E-state index contributed by atoms with van der Waals surface area (Å²) in [7, 11) is 0. The normalized spacial score (nSPS) is 10.8. The molecule has 0 unspecified atom stereocenters. The van der Waals surface area contributed by atoms with Crippen molar-refractivity contribution in [3.05, 3.63) is 58.3 Å². The summed E-state index contributed by atoms with van der Waals surface area (Å²) in [6.07, 6.45) is 0. The lowest BCUT2D eigenvalue weighted by molar-refractivity contribution is -0.139. The molecule has 1 heterocycles. The van der Waals surface area contributed by atoms with Crippen LogP contribution in [0.3, 0.4) is 0 Å². The van der Waals surface area contributed by atoms with E-state index in [4.69, 9.17) is 5.11 Å². The second-order valence-corrected chi connectivity index (χ2v) is 5.88. The monoisotopic (exact) mass is 328 g/mol. The number of Topliss-reactive ketones (excluding diaryl/α,β-unsaturated/α-hetero) is 1. The van der Waals surface area contributed by atoms with Crippen molar-refractivity contribution in [2.45, 2.75) is 0 Å². The number of rotatable bonds is 4. The fourth-order valence-corrected chi connectivity index (χ4v) is 3.46. The molecular formula is C17H12O5S. The number of esters is 1. The highest BCUT2D eigenvalue weighted by Gasteiger charge is 2.22. The fourth-order valence-electron chi connectivity index (χ4n) is 2.35. The maximum Gasteiger partial charge on any atom is 0.379 e. The van der Waals surface area contributed by atoms with Crippen LogP contribution in [0.1, 0.15) is 10.4 Å². The van der Waals surface area contributed by atoms with Crippen LogP contribution in [-0.2, 0) is 9.53 Å². The number of fused-ring (bicyclic) bond motifs is 2. The summed E-state index contributed by atoms with van der Waals surface area (Å²) in [6, 6.07) is 11.9. The lowest BCUT2D eigenvalue weighted by Gasteiger charge is -2.06. The Morgan fingerprint density at radius 3 is 2.57 bits per heavy atom. The number of aliphatic hydroxyl groups is 1. The SMILES string of the molecule is O=C(OCCO)C(=O)c1cccc2sc3ccccc3c(=O)c12. The highest BCUT2D eigenvalue weighted by Crippen LogP contribution is 2.26. The number of ketones is 1. The minimum absolute atomic E-state index is 0.0254. The summed E-state index contributed by atoms with van der Waals surface area (Å²) in [6.45, 7) is -0.626. The van der Waals surface area contributed by atoms with Gasteiger partial charge in [-0.1, -0.05) is 18.2 Å². The summed E-state index contributed by atoms with van der Waals surface area (Å²) >= 11 is 1.38. The van der Waals surface area contributed by atoms with Gasteiger partial charge in [-0.05, 0) is 24.3 Å².